The summed E-state index contributed by atoms with van der Waals surface area (Å²) in [7, 11) is 1.67. The Labute approximate surface area is 306 Å². The standard InChI is InChI=1S/C37H32Cl2N4O7S/c1-16-21-12-18(39)5-9-27(21)51-32(16)25-15-28(41(3)40-25)43-34(48)24-14-22-19(6-7-20-30(22)35(49)42(33(20)47)11-10-29(45)46)31(37(24,2)36(43)50)23-13-17(38)4-8-26(23)44/h4-6,8-9,12-13,15,20,22,24,30-31,44H,7,10-11,14H2,1-3H3,(H,45,46). The zero-order valence-electron chi connectivity index (χ0n) is 27.7. The minimum Gasteiger partial charge on any atom is -0.508 e. The number of aromatic nitrogens is 2. The molecule has 2 aliphatic heterocycles. The van der Waals surface area contributed by atoms with Crippen molar-refractivity contribution in [3.8, 4) is 16.3 Å². The highest BCUT2D eigenvalue weighted by molar-refractivity contribution is 7.22. The second-order valence-corrected chi connectivity index (χ2v) is 16.0. The summed E-state index contributed by atoms with van der Waals surface area (Å²) in [6.45, 7) is 3.45. The van der Waals surface area contributed by atoms with Crippen molar-refractivity contribution < 1.29 is 34.2 Å². The first-order valence-electron chi connectivity index (χ1n) is 16.6. The molecule has 51 heavy (non-hydrogen) atoms. The molecule has 0 bridgehead atoms. The van der Waals surface area contributed by atoms with E-state index in [1.54, 1.807) is 26.1 Å². The Hall–Kier alpha value is -4.52. The second-order valence-electron chi connectivity index (χ2n) is 14.0. The summed E-state index contributed by atoms with van der Waals surface area (Å²) in [5.41, 5.74) is 1.18. The molecule has 0 radical (unpaired) electrons. The fourth-order valence-corrected chi connectivity index (χ4v) is 10.5. The fraction of sp³-hybridized carbons (Fsp3) is 0.351. The lowest BCUT2D eigenvalue weighted by Crippen LogP contribution is -2.49. The molecule has 8 rings (SSSR count). The van der Waals surface area contributed by atoms with E-state index in [-0.39, 0.29) is 37.4 Å². The number of rotatable bonds is 6. The Morgan fingerprint density at radius 3 is 2.49 bits per heavy atom. The molecule has 0 spiro atoms. The van der Waals surface area contributed by atoms with E-state index in [2.05, 4.69) is 0 Å². The molecule has 4 amide bonds. The lowest BCUT2D eigenvalue weighted by atomic mass is 9.51. The van der Waals surface area contributed by atoms with Crippen molar-refractivity contribution in [1.82, 2.24) is 14.7 Å². The molecule has 262 valence electrons. The average Bonchev–Trinajstić information content (AvgIpc) is 3.75. The maximum Gasteiger partial charge on any atom is 0.305 e. The number of imide groups is 2. The van der Waals surface area contributed by atoms with Crippen LogP contribution in [0.2, 0.25) is 10.0 Å². The minimum absolute atomic E-state index is 0.106. The van der Waals surface area contributed by atoms with Gasteiger partial charge >= 0.3 is 5.97 Å². The lowest BCUT2D eigenvalue weighted by Gasteiger charge is -2.49. The van der Waals surface area contributed by atoms with Crippen molar-refractivity contribution in [2.75, 3.05) is 11.4 Å². The molecular formula is C37H32Cl2N4O7S. The molecule has 2 aromatic carbocycles. The van der Waals surface area contributed by atoms with Gasteiger partial charge in [0.15, 0.2) is 0 Å². The van der Waals surface area contributed by atoms with Crippen LogP contribution in [0.15, 0.2) is 54.1 Å². The van der Waals surface area contributed by atoms with Crippen LogP contribution in [0.5, 0.6) is 5.75 Å². The molecule has 6 unspecified atom stereocenters. The van der Waals surface area contributed by atoms with E-state index in [0.29, 0.717) is 26.9 Å². The molecule has 2 aliphatic carbocycles. The summed E-state index contributed by atoms with van der Waals surface area (Å²) in [4.78, 5) is 71.4. The number of aryl methyl sites for hydroxylation is 2. The van der Waals surface area contributed by atoms with Gasteiger partial charge in [-0.2, -0.15) is 5.10 Å². The summed E-state index contributed by atoms with van der Waals surface area (Å²) in [6.07, 6.45) is 1.78. The number of hydrogen-bond donors (Lipinski definition) is 2. The van der Waals surface area contributed by atoms with Crippen molar-refractivity contribution in [3.05, 3.63) is 75.3 Å². The van der Waals surface area contributed by atoms with Gasteiger partial charge in [-0.3, -0.25) is 33.6 Å². The number of halogens is 2. The molecular weight excluding hydrogens is 715 g/mol. The van der Waals surface area contributed by atoms with Crippen LogP contribution in [-0.4, -0.2) is 61.0 Å². The number of fused-ring (bicyclic) bond motifs is 5. The van der Waals surface area contributed by atoms with Gasteiger partial charge in [-0.1, -0.05) is 34.9 Å². The maximum absolute atomic E-state index is 14.9. The Bertz CT molecular complexity index is 2280. The van der Waals surface area contributed by atoms with Crippen molar-refractivity contribution >= 4 is 80.0 Å². The van der Waals surface area contributed by atoms with Gasteiger partial charge in [0.1, 0.15) is 17.3 Å². The number of carbonyl (C=O) groups excluding carboxylic acids is 4. The summed E-state index contributed by atoms with van der Waals surface area (Å²) in [5, 5.41) is 27.2. The Balaban J connectivity index is 1.24. The number of benzene rings is 2. The number of phenolic OH excluding ortho intramolecular Hbond substituents is 1. The Morgan fingerprint density at radius 1 is 1.02 bits per heavy atom. The third-order valence-electron chi connectivity index (χ3n) is 11.4. The van der Waals surface area contributed by atoms with E-state index in [4.69, 9.17) is 28.3 Å². The van der Waals surface area contributed by atoms with Crippen LogP contribution in [-0.2, 0) is 31.0 Å². The lowest BCUT2D eigenvalue weighted by molar-refractivity contribution is -0.142. The van der Waals surface area contributed by atoms with E-state index in [1.165, 1.54) is 33.1 Å². The Morgan fingerprint density at radius 2 is 1.75 bits per heavy atom. The number of carboxylic acids is 1. The third kappa shape index (κ3) is 4.83. The third-order valence-corrected chi connectivity index (χ3v) is 13.2. The maximum atomic E-state index is 14.9. The van der Waals surface area contributed by atoms with Crippen LogP contribution in [0.3, 0.4) is 0 Å². The van der Waals surface area contributed by atoms with E-state index in [0.717, 1.165) is 25.4 Å². The van der Waals surface area contributed by atoms with Crippen LogP contribution < -0.4 is 4.90 Å². The summed E-state index contributed by atoms with van der Waals surface area (Å²) in [5.74, 6) is -6.81. The highest BCUT2D eigenvalue weighted by atomic mass is 35.5. The first-order valence-corrected chi connectivity index (χ1v) is 18.2. The molecule has 3 fully saturated rings. The number of anilines is 1. The predicted molar refractivity (Wildman–Crippen MR) is 190 cm³/mol. The first kappa shape index (κ1) is 33.6. The number of thiophene rings is 1. The molecule has 2 aromatic heterocycles. The van der Waals surface area contributed by atoms with Gasteiger partial charge in [0.25, 0.3) is 0 Å². The molecule has 14 heteroatoms. The summed E-state index contributed by atoms with van der Waals surface area (Å²) < 4.78 is 2.53. The van der Waals surface area contributed by atoms with Gasteiger partial charge in [0.2, 0.25) is 23.6 Å². The van der Waals surface area contributed by atoms with Crippen molar-refractivity contribution in [1.29, 1.82) is 0 Å². The van der Waals surface area contributed by atoms with Gasteiger partial charge in [0.05, 0.1) is 34.5 Å². The van der Waals surface area contributed by atoms with Crippen LogP contribution in [0.25, 0.3) is 20.7 Å². The zero-order chi connectivity index (χ0) is 36.3. The van der Waals surface area contributed by atoms with Gasteiger partial charge in [-0.15, -0.1) is 11.3 Å². The topological polar surface area (TPSA) is 150 Å². The number of hydrogen-bond acceptors (Lipinski definition) is 8. The van der Waals surface area contributed by atoms with Gasteiger partial charge < -0.3 is 10.2 Å². The quantitative estimate of drug-likeness (QED) is 0.172. The van der Waals surface area contributed by atoms with Crippen LogP contribution >= 0.6 is 34.5 Å². The monoisotopic (exact) mass is 746 g/mol. The van der Waals surface area contributed by atoms with Gasteiger partial charge in [-0.05, 0) is 80.0 Å². The number of nitrogens with zero attached hydrogens (tertiary/aromatic N) is 4. The van der Waals surface area contributed by atoms with Crippen LogP contribution in [0, 0.1) is 36.0 Å². The van der Waals surface area contributed by atoms with E-state index < -0.39 is 64.6 Å². The molecule has 4 aliphatic rings. The van der Waals surface area contributed by atoms with Gasteiger partial charge in [0, 0.05) is 45.9 Å². The smallest absolute Gasteiger partial charge is 0.305 e. The van der Waals surface area contributed by atoms with Crippen molar-refractivity contribution in [2.24, 2.45) is 36.1 Å². The minimum atomic E-state index is -1.40. The molecule has 11 nitrogen and oxygen atoms in total. The highest BCUT2D eigenvalue weighted by Crippen LogP contribution is 2.64. The number of phenols is 1. The van der Waals surface area contributed by atoms with Crippen LogP contribution in [0.1, 0.15) is 43.2 Å². The first-order chi connectivity index (χ1) is 24.2. The van der Waals surface area contributed by atoms with Crippen molar-refractivity contribution in [3.63, 3.8) is 0 Å². The number of aromatic hydroxyl groups is 1. The largest absolute Gasteiger partial charge is 0.508 e. The van der Waals surface area contributed by atoms with E-state index in [9.17, 15) is 34.2 Å². The number of carboxylic acid groups (broad SMARTS) is 1. The van der Waals surface area contributed by atoms with Crippen LogP contribution in [0.4, 0.5) is 5.82 Å². The summed E-state index contributed by atoms with van der Waals surface area (Å²) >= 11 is 14.3. The number of allylic oxidation sites excluding steroid dienone is 2. The predicted octanol–water partition coefficient (Wildman–Crippen LogP) is 6.33. The SMILES string of the molecule is Cc1c(-c2cc(N3C(=O)C4CC5C(=CCC6C(=O)N(CCC(=O)O)C(=O)C65)C(c5cc(Cl)ccc5O)C4(C)C3=O)n(C)n2)sc2ccc(Cl)cc12. The summed E-state index contributed by atoms with van der Waals surface area (Å²) in [6, 6.07) is 11.9. The van der Waals surface area contributed by atoms with E-state index >= 15 is 0 Å². The molecule has 4 heterocycles. The van der Waals surface area contributed by atoms with Gasteiger partial charge in [-0.25, -0.2) is 4.90 Å². The van der Waals surface area contributed by atoms with Crippen molar-refractivity contribution in [2.45, 2.75) is 39.0 Å². The number of carbonyl (C=O) groups is 5. The zero-order valence-corrected chi connectivity index (χ0v) is 30.1. The molecule has 6 atom stereocenters. The van der Waals surface area contributed by atoms with E-state index in [1.807, 2.05) is 31.2 Å². The molecule has 2 saturated heterocycles. The molecule has 4 aromatic rings. The molecule has 2 N–H and O–H groups in total. The normalized spacial score (nSPS) is 27.2. The number of aliphatic carboxylic acids is 1. The average molecular weight is 748 g/mol. The molecule has 1 saturated carbocycles. The fourth-order valence-electron chi connectivity index (χ4n) is 9.04. The highest BCUT2D eigenvalue weighted by Gasteiger charge is 2.68. The Kier molecular flexibility index (Phi) is 7.75. The second kappa shape index (κ2) is 11.8. The number of likely N-dealkylation sites (tertiary alicyclic amines) is 1. The number of amides is 4.